The van der Waals surface area contributed by atoms with Crippen LogP contribution in [0.2, 0.25) is 0 Å². The van der Waals surface area contributed by atoms with Gasteiger partial charge in [-0.15, -0.1) is 0 Å². The second-order valence-electron chi connectivity index (χ2n) is 4.63. The van der Waals surface area contributed by atoms with E-state index in [9.17, 15) is 9.59 Å². The van der Waals surface area contributed by atoms with Gasteiger partial charge in [-0.05, 0) is 45.0 Å². The van der Waals surface area contributed by atoms with Crippen LogP contribution in [0.3, 0.4) is 0 Å². The summed E-state index contributed by atoms with van der Waals surface area (Å²) in [7, 11) is 0. The maximum absolute atomic E-state index is 12.2. The van der Waals surface area contributed by atoms with E-state index in [-0.39, 0.29) is 11.2 Å². The number of primary amides is 1. The van der Waals surface area contributed by atoms with E-state index in [0.29, 0.717) is 11.3 Å². The molecule has 5 nitrogen and oxygen atoms in total. The SMILES string of the molecule is CCN(CC)C(=S)S[C@@H](C)C(=O)Nc1ccc(C(N)=O)cc1. The summed E-state index contributed by atoms with van der Waals surface area (Å²) < 4.78 is 0.719. The Balaban J connectivity index is 2.60. The fourth-order valence-electron chi connectivity index (χ4n) is 1.72. The Kier molecular flexibility index (Phi) is 7.34. The number of amides is 2. The Morgan fingerprint density at radius 2 is 1.82 bits per heavy atom. The summed E-state index contributed by atoms with van der Waals surface area (Å²) >= 11 is 6.70. The smallest absolute Gasteiger partial charge is 0.248 e. The van der Waals surface area contributed by atoms with Gasteiger partial charge in [0.15, 0.2) is 0 Å². The lowest BCUT2D eigenvalue weighted by Gasteiger charge is -2.22. The van der Waals surface area contributed by atoms with Gasteiger partial charge in [0.1, 0.15) is 4.32 Å². The average Bonchev–Trinajstić information content (AvgIpc) is 2.48. The van der Waals surface area contributed by atoms with E-state index in [1.54, 1.807) is 24.3 Å². The molecule has 0 aliphatic heterocycles. The number of benzene rings is 1. The molecule has 0 aromatic heterocycles. The molecule has 0 unspecified atom stereocenters. The van der Waals surface area contributed by atoms with Gasteiger partial charge in [-0.3, -0.25) is 9.59 Å². The van der Waals surface area contributed by atoms with Gasteiger partial charge in [-0.25, -0.2) is 0 Å². The maximum Gasteiger partial charge on any atom is 0.248 e. The van der Waals surface area contributed by atoms with E-state index in [1.165, 1.54) is 11.8 Å². The van der Waals surface area contributed by atoms with Gasteiger partial charge in [0.05, 0.1) is 5.25 Å². The minimum absolute atomic E-state index is 0.133. The maximum atomic E-state index is 12.2. The monoisotopic (exact) mass is 339 g/mol. The van der Waals surface area contributed by atoms with Crippen molar-refractivity contribution in [3.05, 3.63) is 29.8 Å². The molecule has 0 saturated heterocycles. The predicted molar refractivity (Wildman–Crippen MR) is 96.2 cm³/mol. The van der Waals surface area contributed by atoms with Crippen molar-refractivity contribution in [3.8, 4) is 0 Å². The van der Waals surface area contributed by atoms with Crippen LogP contribution in [-0.2, 0) is 4.79 Å². The fourth-order valence-corrected chi connectivity index (χ4v) is 3.29. The molecule has 0 aliphatic rings. The summed E-state index contributed by atoms with van der Waals surface area (Å²) in [5, 5.41) is 2.50. The molecule has 0 saturated carbocycles. The first-order valence-electron chi connectivity index (χ1n) is 7.05. The molecule has 120 valence electrons. The zero-order valence-electron chi connectivity index (χ0n) is 13.0. The first-order valence-corrected chi connectivity index (χ1v) is 8.34. The molecule has 0 heterocycles. The second kappa shape index (κ2) is 8.75. The van der Waals surface area contributed by atoms with Crippen LogP contribution in [0.15, 0.2) is 24.3 Å². The predicted octanol–water partition coefficient (Wildman–Crippen LogP) is 2.47. The van der Waals surface area contributed by atoms with Gasteiger partial charge in [0, 0.05) is 24.3 Å². The number of nitrogens with one attached hydrogen (secondary N) is 1. The van der Waals surface area contributed by atoms with Crippen molar-refractivity contribution in [1.82, 2.24) is 4.90 Å². The van der Waals surface area contributed by atoms with Crippen LogP contribution in [-0.4, -0.2) is 39.4 Å². The average molecular weight is 339 g/mol. The summed E-state index contributed by atoms with van der Waals surface area (Å²) in [6, 6.07) is 6.46. The Hall–Kier alpha value is -1.60. The number of nitrogens with zero attached hydrogens (tertiary/aromatic N) is 1. The lowest BCUT2D eigenvalue weighted by Crippen LogP contribution is -2.31. The molecule has 2 amide bonds. The third kappa shape index (κ3) is 5.31. The first kappa shape index (κ1) is 18.4. The highest BCUT2D eigenvalue weighted by atomic mass is 32.2. The molecule has 22 heavy (non-hydrogen) atoms. The molecular weight excluding hydrogens is 318 g/mol. The van der Waals surface area contributed by atoms with Gasteiger partial charge in [0.25, 0.3) is 0 Å². The quantitative estimate of drug-likeness (QED) is 0.779. The highest BCUT2D eigenvalue weighted by Crippen LogP contribution is 2.18. The molecule has 0 bridgehead atoms. The Bertz CT molecular complexity index is 542. The van der Waals surface area contributed by atoms with Gasteiger partial charge in [0.2, 0.25) is 11.8 Å². The third-order valence-corrected chi connectivity index (χ3v) is 4.68. The van der Waals surface area contributed by atoms with Crippen LogP contribution >= 0.6 is 24.0 Å². The number of thiocarbonyl (C=S) groups is 1. The number of carbonyl (C=O) groups excluding carboxylic acids is 2. The first-order chi connectivity index (χ1) is 10.4. The molecular formula is C15H21N3O2S2. The largest absolute Gasteiger partial charge is 0.366 e. The standard InChI is InChI=1S/C15H21N3O2S2/c1-4-18(5-2)15(21)22-10(3)14(20)17-12-8-6-11(7-9-12)13(16)19/h6-10H,4-5H2,1-3H3,(H2,16,19)(H,17,20)/t10-/m0/s1. The van der Waals surface area contributed by atoms with E-state index in [1.807, 2.05) is 25.7 Å². The van der Waals surface area contributed by atoms with Gasteiger partial charge >= 0.3 is 0 Å². The van der Waals surface area contributed by atoms with Crippen molar-refractivity contribution in [2.24, 2.45) is 5.73 Å². The minimum atomic E-state index is -0.494. The summed E-state index contributed by atoms with van der Waals surface area (Å²) in [5.41, 5.74) is 6.20. The van der Waals surface area contributed by atoms with E-state index < -0.39 is 5.91 Å². The molecule has 0 fully saturated rings. The zero-order valence-corrected chi connectivity index (χ0v) is 14.6. The van der Waals surface area contributed by atoms with Gasteiger partial charge < -0.3 is 16.0 Å². The lowest BCUT2D eigenvalue weighted by atomic mass is 10.2. The van der Waals surface area contributed by atoms with Crippen molar-refractivity contribution in [2.75, 3.05) is 18.4 Å². The molecule has 1 rings (SSSR count). The van der Waals surface area contributed by atoms with Crippen molar-refractivity contribution < 1.29 is 9.59 Å². The molecule has 0 spiro atoms. The molecule has 1 aromatic rings. The highest BCUT2D eigenvalue weighted by Gasteiger charge is 2.18. The molecule has 1 aromatic carbocycles. The Morgan fingerprint density at radius 1 is 1.27 bits per heavy atom. The normalized spacial score (nSPS) is 11.6. The van der Waals surface area contributed by atoms with Crippen LogP contribution in [0.5, 0.6) is 0 Å². The van der Waals surface area contributed by atoms with E-state index in [4.69, 9.17) is 18.0 Å². The van der Waals surface area contributed by atoms with E-state index in [2.05, 4.69) is 5.32 Å². The Morgan fingerprint density at radius 3 is 2.27 bits per heavy atom. The number of carbonyl (C=O) groups is 2. The molecule has 1 atom stereocenters. The van der Waals surface area contributed by atoms with Crippen molar-refractivity contribution in [3.63, 3.8) is 0 Å². The molecule has 3 N–H and O–H groups in total. The van der Waals surface area contributed by atoms with Crippen molar-refractivity contribution in [2.45, 2.75) is 26.0 Å². The summed E-state index contributed by atoms with van der Waals surface area (Å²) in [5.74, 6) is -0.627. The van der Waals surface area contributed by atoms with Crippen LogP contribution in [0.4, 0.5) is 5.69 Å². The van der Waals surface area contributed by atoms with Crippen molar-refractivity contribution in [1.29, 1.82) is 0 Å². The number of nitrogens with two attached hydrogens (primary N) is 1. The van der Waals surface area contributed by atoms with Crippen LogP contribution < -0.4 is 11.1 Å². The molecule has 7 heteroatoms. The van der Waals surface area contributed by atoms with Gasteiger partial charge in [-0.1, -0.05) is 24.0 Å². The highest BCUT2D eigenvalue weighted by molar-refractivity contribution is 8.23. The van der Waals surface area contributed by atoms with E-state index >= 15 is 0 Å². The Labute approximate surface area is 140 Å². The second-order valence-corrected chi connectivity index (χ2v) is 6.60. The summed E-state index contributed by atoms with van der Waals surface area (Å²) in [6.45, 7) is 7.52. The van der Waals surface area contributed by atoms with Crippen LogP contribution in [0.1, 0.15) is 31.1 Å². The van der Waals surface area contributed by atoms with E-state index in [0.717, 1.165) is 17.4 Å². The number of hydrogen-bond acceptors (Lipinski definition) is 4. The number of hydrogen-bond donors (Lipinski definition) is 2. The molecule has 0 aliphatic carbocycles. The van der Waals surface area contributed by atoms with Crippen molar-refractivity contribution >= 4 is 45.8 Å². The number of thioether (sulfide) groups is 1. The third-order valence-electron chi connectivity index (χ3n) is 3.11. The summed E-state index contributed by atoms with van der Waals surface area (Å²) in [4.78, 5) is 25.2. The molecule has 0 radical (unpaired) electrons. The van der Waals surface area contributed by atoms with Gasteiger partial charge in [-0.2, -0.15) is 0 Å². The number of rotatable bonds is 6. The number of anilines is 1. The minimum Gasteiger partial charge on any atom is -0.366 e. The topological polar surface area (TPSA) is 75.4 Å². The lowest BCUT2D eigenvalue weighted by molar-refractivity contribution is -0.115. The fraction of sp³-hybridized carbons (Fsp3) is 0.400. The summed E-state index contributed by atoms with van der Waals surface area (Å²) in [6.07, 6.45) is 0. The zero-order chi connectivity index (χ0) is 16.7. The van der Waals surface area contributed by atoms with Crippen LogP contribution in [0, 0.1) is 0 Å². The van der Waals surface area contributed by atoms with Crippen LogP contribution in [0.25, 0.3) is 0 Å².